The Bertz CT molecular complexity index is 644. The minimum Gasteiger partial charge on any atom is -0.391 e. The van der Waals surface area contributed by atoms with Gasteiger partial charge in [-0.25, -0.2) is 4.68 Å². The van der Waals surface area contributed by atoms with Crippen molar-refractivity contribution in [1.29, 1.82) is 0 Å². The third kappa shape index (κ3) is 2.78. The highest BCUT2D eigenvalue weighted by molar-refractivity contribution is 9.10. The summed E-state index contributed by atoms with van der Waals surface area (Å²) in [4.78, 5) is 0. The number of hydrogen-bond acceptors (Lipinski definition) is 2. The van der Waals surface area contributed by atoms with Gasteiger partial charge in [0.15, 0.2) is 0 Å². The van der Waals surface area contributed by atoms with Crippen molar-refractivity contribution >= 4 is 27.5 Å². The van der Waals surface area contributed by atoms with Crippen molar-refractivity contribution < 1.29 is 5.11 Å². The van der Waals surface area contributed by atoms with Crippen LogP contribution in [-0.4, -0.2) is 14.9 Å². The predicted molar refractivity (Wildman–Crippen MR) is 85.6 cm³/mol. The second kappa shape index (κ2) is 5.51. The van der Waals surface area contributed by atoms with Crippen molar-refractivity contribution in [3.05, 3.63) is 44.6 Å². The molecule has 20 heavy (non-hydrogen) atoms. The van der Waals surface area contributed by atoms with Gasteiger partial charge in [0, 0.05) is 15.5 Å². The number of aryl methyl sites for hydroxylation is 1. The van der Waals surface area contributed by atoms with Gasteiger partial charge < -0.3 is 5.11 Å². The number of aliphatic hydroxyl groups is 1. The van der Waals surface area contributed by atoms with Crippen LogP contribution in [0.2, 0.25) is 5.15 Å². The molecule has 1 N–H and O–H groups in total. The minimum atomic E-state index is -0.170. The molecule has 0 spiro atoms. The summed E-state index contributed by atoms with van der Waals surface area (Å²) in [7, 11) is 0. The highest BCUT2D eigenvalue weighted by atomic mass is 79.9. The fourth-order valence-electron chi connectivity index (χ4n) is 2.19. The van der Waals surface area contributed by atoms with E-state index in [4.69, 9.17) is 11.6 Å². The van der Waals surface area contributed by atoms with Gasteiger partial charge in [0.25, 0.3) is 0 Å². The molecule has 0 aliphatic carbocycles. The smallest absolute Gasteiger partial charge is 0.138 e. The van der Waals surface area contributed by atoms with Crippen molar-refractivity contribution in [2.24, 2.45) is 0 Å². The van der Waals surface area contributed by atoms with Crippen molar-refractivity contribution in [1.82, 2.24) is 9.78 Å². The molecular formula is C15H18BrClN2O. The van der Waals surface area contributed by atoms with E-state index in [1.807, 2.05) is 25.1 Å². The molecule has 0 aliphatic rings. The highest BCUT2D eigenvalue weighted by Gasteiger charge is 2.26. The monoisotopic (exact) mass is 356 g/mol. The van der Waals surface area contributed by atoms with E-state index in [-0.39, 0.29) is 12.0 Å². The van der Waals surface area contributed by atoms with Crippen LogP contribution >= 0.6 is 27.5 Å². The van der Waals surface area contributed by atoms with Crippen LogP contribution in [0.1, 0.15) is 37.6 Å². The zero-order valence-corrected chi connectivity index (χ0v) is 14.4. The largest absolute Gasteiger partial charge is 0.391 e. The van der Waals surface area contributed by atoms with Gasteiger partial charge in [0.05, 0.1) is 18.0 Å². The maximum absolute atomic E-state index is 9.59. The Hall–Kier alpha value is -0.840. The van der Waals surface area contributed by atoms with Crippen LogP contribution in [0.25, 0.3) is 5.69 Å². The fraction of sp³-hybridized carbons (Fsp3) is 0.400. The van der Waals surface area contributed by atoms with Crippen LogP contribution in [0.4, 0.5) is 0 Å². The van der Waals surface area contributed by atoms with E-state index in [0.29, 0.717) is 10.7 Å². The first-order valence-corrected chi connectivity index (χ1v) is 7.58. The summed E-state index contributed by atoms with van der Waals surface area (Å²) in [6.07, 6.45) is 0. The van der Waals surface area contributed by atoms with Crippen LogP contribution in [-0.2, 0) is 12.0 Å². The lowest BCUT2D eigenvalue weighted by Gasteiger charge is -2.16. The molecule has 2 aromatic rings. The molecule has 0 radical (unpaired) electrons. The summed E-state index contributed by atoms with van der Waals surface area (Å²) in [5, 5.41) is 14.7. The molecule has 0 fully saturated rings. The molecule has 0 atom stereocenters. The molecule has 1 heterocycles. The molecule has 108 valence electrons. The molecule has 3 nitrogen and oxygen atoms in total. The number of aromatic nitrogens is 2. The summed E-state index contributed by atoms with van der Waals surface area (Å²) in [5.41, 5.74) is 3.34. The lowest BCUT2D eigenvalue weighted by atomic mass is 9.90. The van der Waals surface area contributed by atoms with E-state index >= 15 is 0 Å². The third-order valence-electron chi connectivity index (χ3n) is 3.18. The standard InChI is InChI=1S/C15H18BrClN2O/c1-9-7-10(16)5-6-12(9)19-14(17)11(8-20)13(18-19)15(2,3)4/h5-7,20H,8H2,1-4H3. The molecule has 0 aliphatic heterocycles. The van der Waals surface area contributed by atoms with Gasteiger partial charge in [0.2, 0.25) is 0 Å². The SMILES string of the molecule is Cc1cc(Br)ccc1-n1nc(C(C)(C)C)c(CO)c1Cl. The van der Waals surface area contributed by atoms with Gasteiger partial charge in [-0.15, -0.1) is 0 Å². The predicted octanol–water partition coefficient (Wildman–Crippen LogP) is 4.39. The second-order valence-corrected chi connectivity index (χ2v) is 7.14. The Morgan fingerprint density at radius 3 is 2.45 bits per heavy atom. The van der Waals surface area contributed by atoms with Crippen molar-refractivity contribution in [2.75, 3.05) is 0 Å². The maximum atomic E-state index is 9.59. The number of rotatable bonds is 2. The van der Waals surface area contributed by atoms with Gasteiger partial charge in [0.1, 0.15) is 5.15 Å². The first kappa shape index (κ1) is 15.5. The second-order valence-electron chi connectivity index (χ2n) is 5.87. The quantitative estimate of drug-likeness (QED) is 0.866. The van der Waals surface area contributed by atoms with Crippen LogP contribution in [0, 0.1) is 6.92 Å². The summed E-state index contributed by atoms with van der Waals surface area (Å²) >= 11 is 9.86. The van der Waals surface area contributed by atoms with Crippen molar-refractivity contribution in [3.63, 3.8) is 0 Å². The number of nitrogens with zero attached hydrogens (tertiary/aromatic N) is 2. The average molecular weight is 358 g/mol. The van der Waals surface area contributed by atoms with Gasteiger partial charge in [-0.1, -0.05) is 48.3 Å². The Labute approximate surface area is 132 Å². The third-order valence-corrected chi connectivity index (χ3v) is 4.06. The van der Waals surface area contributed by atoms with Crippen LogP contribution in [0.3, 0.4) is 0 Å². The van der Waals surface area contributed by atoms with Crippen LogP contribution in [0.5, 0.6) is 0 Å². The number of hydrogen-bond donors (Lipinski definition) is 1. The topological polar surface area (TPSA) is 38.0 Å². The Kier molecular flexibility index (Phi) is 4.28. The summed E-state index contributed by atoms with van der Waals surface area (Å²) in [6, 6.07) is 5.93. The van der Waals surface area contributed by atoms with Gasteiger partial charge >= 0.3 is 0 Å². The van der Waals surface area contributed by atoms with Crippen LogP contribution in [0.15, 0.2) is 22.7 Å². The molecule has 0 saturated heterocycles. The molecule has 1 aromatic heterocycles. The van der Waals surface area contributed by atoms with Crippen LogP contribution < -0.4 is 0 Å². The Morgan fingerprint density at radius 2 is 2.00 bits per heavy atom. The molecular weight excluding hydrogens is 340 g/mol. The number of benzene rings is 1. The van der Waals surface area contributed by atoms with E-state index in [9.17, 15) is 5.11 Å². The molecule has 2 rings (SSSR count). The molecule has 1 aromatic carbocycles. The minimum absolute atomic E-state index is 0.110. The van der Waals surface area contributed by atoms with Gasteiger partial charge in [-0.05, 0) is 30.7 Å². The zero-order valence-electron chi connectivity index (χ0n) is 12.0. The van der Waals surface area contributed by atoms with Gasteiger partial charge in [-0.3, -0.25) is 0 Å². The zero-order chi connectivity index (χ0) is 15.1. The fourth-order valence-corrected chi connectivity index (χ4v) is 2.94. The lowest BCUT2D eigenvalue weighted by Crippen LogP contribution is -2.15. The molecule has 0 bridgehead atoms. The molecule has 0 amide bonds. The summed E-state index contributed by atoms with van der Waals surface area (Å²) in [5.74, 6) is 0. The number of aliphatic hydroxyl groups excluding tert-OH is 1. The summed E-state index contributed by atoms with van der Waals surface area (Å²) < 4.78 is 2.72. The first-order chi connectivity index (χ1) is 9.25. The lowest BCUT2D eigenvalue weighted by molar-refractivity contribution is 0.278. The van der Waals surface area contributed by atoms with Crippen molar-refractivity contribution in [2.45, 2.75) is 39.7 Å². The Morgan fingerprint density at radius 1 is 1.35 bits per heavy atom. The van der Waals surface area contributed by atoms with Gasteiger partial charge in [-0.2, -0.15) is 5.10 Å². The van der Waals surface area contributed by atoms with E-state index < -0.39 is 0 Å². The molecule has 0 unspecified atom stereocenters. The van der Waals surface area contributed by atoms with E-state index in [2.05, 4.69) is 41.8 Å². The summed E-state index contributed by atoms with van der Waals surface area (Å²) in [6.45, 7) is 8.07. The van der Waals surface area contributed by atoms with Crippen molar-refractivity contribution in [3.8, 4) is 5.69 Å². The number of halogens is 2. The normalized spacial score (nSPS) is 11.9. The van der Waals surface area contributed by atoms with E-state index in [1.54, 1.807) is 4.68 Å². The molecule has 0 saturated carbocycles. The molecule has 5 heteroatoms. The Balaban J connectivity index is 2.67. The average Bonchev–Trinajstić information content (AvgIpc) is 2.66. The van der Waals surface area contributed by atoms with E-state index in [0.717, 1.165) is 21.4 Å². The maximum Gasteiger partial charge on any atom is 0.138 e. The van der Waals surface area contributed by atoms with E-state index in [1.165, 1.54) is 0 Å². The first-order valence-electron chi connectivity index (χ1n) is 6.41. The highest BCUT2D eigenvalue weighted by Crippen LogP contribution is 2.32.